The molecule has 1 aliphatic carbocycles. The molecule has 2 aliphatic rings. The zero-order chi connectivity index (χ0) is 12.0. The fourth-order valence-electron chi connectivity index (χ4n) is 2.25. The first kappa shape index (κ1) is 13.3. The molecule has 92 valence electrons. The van der Waals surface area contributed by atoms with E-state index in [0.29, 0.717) is 6.04 Å². The third-order valence-corrected chi connectivity index (χ3v) is 3.34. The van der Waals surface area contributed by atoms with Crippen molar-refractivity contribution in [1.82, 2.24) is 10.2 Å². The summed E-state index contributed by atoms with van der Waals surface area (Å²) in [6.07, 6.45) is 8.34. The molecule has 0 spiro atoms. The van der Waals surface area contributed by atoms with E-state index in [1.165, 1.54) is 43.6 Å². The lowest BCUT2D eigenvalue weighted by atomic mass is 10.0. The molecule has 0 saturated carbocycles. The Morgan fingerprint density at radius 1 is 1.25 bits per heavy atom. The molecule has 1 atom stereocenters. The monoisotopic (exact) mass is 222 g/mol. The lowest BCUT2D eigenvalue weighted by Gasteiger charge is -2.24. The highest BCUT2D eigenvalue weighted by Crippen LogP contribution is 2.24. The van der Waals surface area contributed by atoms with Crippen molar-refractivity contribution in [2.24, 2.45) is 0 Å². The molecule has 0 aromatic rings. The Labute approximate surface area is 100 Å². The van der Waals surface area contributed by atoms with Crippen LogP contribution in [0.2, 0.25) is 0 Å². The summed E-state index contributed by atoms with van der Waals surface area (Å²) in [7, 11) is 2.06. The van der Waals surface area contributed by atoms with Gasteiger partial charge in [-0.1, -0.05) is 25.5 Å². The first-order valence-electron chi connectivity index (χ1n) is 6.58. The van der Waals surface area contributed by atoms with Crippen molar-refractivity contribution in [2.75, 3.05) is 20.1 Å². The van der Waals surface area contributed by atoms with Gasteiger partial charge in [0.1, 0.15) is 0 Å². The molecule has 2 nitrogen and oxygen atoms in total. The van der Waals surface area contributed by atoms with Crippen LogP contribution in [-0.4, -0.2) is 31.1 Å². The van der Waals surface area contributed by atoms with Crippen LogP contribution < -0.4 is 5.32 Å². The van der Waals surface area contributed by atoms with Crippen molar-refractivity contribution in [3.8, 4) is 0 Å². The van der Waals surface area contributed by atoms with Crippen LogP contribution in [-0.2, 0) is 0 Å². The minimum Gasteiger partial charge on any atom is -0.373 e. The molecule has 1 heterocycles. The Bertz CT molecular complexity index is 266. The quantitative estimate of drug-likeness (QED) is 0.773. The number of likely N-dealkylation sites (tertiary alicyclic amines) is 1. The summed E-state index contributed by atoms with van der Waals surface area (Å²) in [5.74, 6) is 0. The van der Waals surface area contributed by atoms with Crippen molar-refractivity contribution in [3.05, 3.63) is 23.4 Å². The summed E-state index contributed by atoms with van der Waals surface area (Å²) in [6.45, 7) is 8.63. The average Bonchev–Trinajstić information content (AvgIpc) is 2.81. The van der Waals surface area contributed by atoms with Gasteiger partial charge in [0.2, 0.25) is 0 Å². The Balaban J connectivity index is 0.000000606. The van der Waals surface area contributed by atoms with Gasteiger partial charge in [-0.05, 0) is 39.3 Å². The molecule has 0 aromatic carbocycles. The molecule has 1 N–H and O–H groups in total. The van der Waals surface area contributed by atoms with E-state index < -0.39 is 0 Å². The van der Waals surface area contributed by atoms with Gasteiger partial charge >= 0.3 is 0 Å². The van der Waals surface area contributed by atoms with Crippen LogP contribution in [0.4, 0.5) is 0 Å². The minimum atomic E-state index is 0.697. The lowest BCUT2D eigenvalue weighted by molar-refractivity contribution is 0.394. The van der Waals surface area contributed by atoms with Crippen molar-refractivity contribution >= 4 is 0 Å². The number of hydrogen-bond donors (Lipinski definition) is 1. The van der Waals surface area contributed by atoms with Crippen molar-refractivity contribution in [1.29, 1.82) is 0 Å². The highest BCUT2D eigenvalue weighted by Gasteiger charge is 2.22. The summed E-state index contributed by atoms with van der Waals surface area (Å²) in [5, 5.41) is 3.36. The van der Waals surface area contributed by atoms with E-state index in [1.54, 1.807) is 0 Å². The Kier molecular flexibility index (Phi) is 5.61. The zero-order valence-electron chi connectivity index (χ0n) is 11.2. The largest absolute Gasteiger partial charge is 0.373 e. The number of nitrogens with zero attached hydrogens (tertiary/aromatic N) is 1. The molecule has 1 saturated heterocycles. The lowest BCUT2D eigenvalue weighted by Crippen LogP contribution is -2.29. The van der Waals surface area contributed by atoms with Gasteiger partial charge in [-0.2, -0.15) is 0 Å². The second-order valence-electron chi connectivity index (χ2n) is 4.39. The fraction of sp³-hybridized carbons (Fsp3) is 0.714. The molecule has 0 amide bonds. The molecular formula is C14H26N2. The van der Waals surface area contributed by atoms with Gasteiger partial charge in [-0.3, -0.25) is 0 Å². The van der Waals surface area contributed by atoms with Gasteiger partial charge < -0.3 is 10.2 Å². The van der Waals surface area contributed by atoms with E-state index in [2.05, 4.69) is 36.3 Å². The highest BCUT2D eigenvalue weighted by atomic mass is 15.2. The van der Waals surface area contributed by atoms with Crippen LogP contribution in [0.15, 0.2) is 23.4 Å². The van der Waals surface area contributed by atoms with Crippen LogP contribution >= 0.6 is 0 Å². The molecule has 1 aliphatic heterocycles. The fourth-order valence-corrected chi connectivity index (χ4v) is 2.25. The molecule has 0 bridgehead atoms. The maximum absolute atomic E-state index is 3.36. The summed E-state index contributed by atoms with van der Waals surface area (Å²) in [4.78, 5) is 2.53. The van der Waals surface area contributed by atoms with Crippen LogP contribution in [0, 0.1) is 0 Å². The average molecular weight is 222 g/mol. The second-order valence-corrected chi connectivity index (χ2v) is 4.39. The third-order valence-electron chi connectivity index (χ3n) is 3.34. The number of likely N-dealkylation sites (N-methyl/N-ethyl adjacent to an activating group) is 1. The summed E-state index contributed by atoms with van der Waals surface area (Å²) in [5.41, 5.74) is 3.05. The normalized spacial score (nSPS) is 24.5. The van der Waals surface area contributed by atoms with Crippen LogP contribution in [0.1, 0.15) is 40.0 Å². The van der Waals surface area contributed by atoms with Gasteiger partial charge in [0.15, 0.2) is 0 Å². The molecule has 1 unspecified atom stereocenters. The second kappa shape index (κ2) is 6.74. The first-order chi connectivity index (χ1) is 7.79. The maximum atomic E-state index is 3.36. The van der Waals surface area contributed by atoms with Crippen LogP contribution in [0.3, 0.4) is 0 Å². The summed E-state index contributed by atoms with van der Waals surface area (Å²) >= 11 is 0. The maximum Gasteiger partial charge on any atom is 0.0329 e. The molecule has 1 fully saturated rings. The summed E-state index contributed by atoms with van der Waals surface area (Å²) < 4.78 is 0. The van der Waals surface area contributed by atoms with Gasteiger partial charge in [-0.25, -0.2) is 0 Å². The topological polar surface area (TPSA) is 15.3 Å². The van der Waals surface area contributed by atoms with Crippen LogP contribution in [0.5, 0.6) is 0 Å². The Hall–Kier alpha value is -0.760. The zero-order valence-corrected chi connectivity index (χ0v) is 11.2. The molecule has 0 radical (unpaired) electrons. The Morgan fingerprint density at radius 3 is 2.50 bits per heavy atom. The number of hydrogen-bond acceptors (Lipinski definition) is 2. The van der Waals surface area contributed by atoms with E-state index >= 15 is 0 Å². The molecule has 0 aromatic heterocycles. The van der Waals surface area contributed by atoms with Crippen molar-refractivity contribution in [2.45, 2.75) is 46.1 Å². The summed E-state index contributed by atoms with van der Waals surface area (Å²) in [6, 6.07) is 0.697. The predicted molar refractivity (Wildman–Crippen MR) is 71.5 cm³/mol. The van der Waals surface area contributed by atoms with E-state index in [1.807, 2.05) is 13.8 Å². The number of rotatable bonds is 2. The van der Waals surface area contributed by atoms with Gasteiger partial charge in [0, 0.05) is 24.8 Å². The van der Waals surface area contributed by atoms with Crippen LogP contribution in [0.25, 0.3) is 0 Å². The van der Waals surface area contributed by atoms with E-state index in [-0.39, 0.29) is 0 Å². The predicted octanol–water partition coefficient (Wildman–Crippen LogP) is 2.93. The molecular weight excluding hydrogens is 196 g/mol. The third kappa shape index (κ3) is 3.38. The van der Waals surface area contributed by atoms with E-state index in [4.69, 9.17) is 0 Å². The van der Waals surface area contributed by atoms with Gasteiger partial charge in [-0.15, -0.1) is 0 Å². The van der Waals surface area contributed by atoms with E-state index in [9.17, 15) is 0 Å². The van der Waals surface area contributed by atoms with Gasteiger partial charge in [0.25, 0.3) is 0 Å². The van der Waals surface area contributed by atoms with Gasteiger partial charge in [0.05, 0.1) is 0 Å². The number of nitrogens with one attached hydrogen (secondary N) is 1. The minimum absolute atomic E-state index is 0.697. The van der Waals surface area contributed by atoms with E-state index in [0.717, 1.165) is 0 Å². The van der Waals surface area contributed by atoms with Crippen molar-refractivity contribution < 1.29 is 0 Å². The number of allylic oxidation sites excluding steroid dienone is 4. The standard InChI is InChI=1S/C12H20N2.C2H6/c1-10-3-5-12(6-4-10)14-8-7-11(9-14)13-2;1-2/h3,5,11,13H,4,6-9H2,1-2H3;1-2H3. The highest BCUT2D eigenvalue weighted by molar-refractivity contribution is 5.22. The Morgan fingerprint density at radius 2 is 2.00 bits per heavy atom. The van der Waals surface area contributed by atoms with Crippen molar-refractivity contribution in [3.63, 3.8) is 0 Å². The molecule has 2 heteroatoms. The SMILES string of the molecule is CC.CNC1CCN(C2=CC=C(C)CC2)C1. The molecule has 2 rings (SSSR count). The smallest absolute Gasteiger partial charge is 0.0329 e. The molecule has 16 heavy (non-hydrogen) atoms. The first-order valence-corrected chi connectivity index (χ1v) is 6.58.